The highest BCUT2D eigenvalue weighted by atomic mass is 19.1. The third-order valence-electron chi connectivity index (χ3n) is 3.56. The van der Waals surface area contributed by atoms with E-state index in [4.69, 9.17) is 5.73 Å². The van der Waals surface area contributed by atoms with Crippen molar-refractivity contribution >= 4 is 17.7 Å². The Morgan fingerprint density at radius 2 is 1.72 bits per heavy atom. The second-order valence-corrected chi connectivity index (χ2v) is 5.85. The minimum atomic E-state index is -0.922. The van der Waals surface area contributed by atoms with Gasteiger partial charge in [0.15, 0.2) is 0 Å². The van der Waals surface area contributed by atoms with Crippen molar-refractivity contribution in [3.63, 3.8) is 0 Å². The quantitative estimate of drug-likeness (QED) is 0.620. The van der Waals surface area contributed by atoms with Gasteiger partial charge in [0.2, 0.25) is 17.7 Å². The maximum Gasteiger partial charge on any atom is 0.242 e. The van der Waals surface area contributed by atoms with E-state index in [-0.39, 0.29) is 12.0 Å². The Morgan fingerprint density at radius 1 is 1.12 bits per heavy atom. The Kier molecular flexibility index (Phi) is 7.97. The van der Waals surface area contributed by atoms with Crippen LogP contribution in [0.25, 0.3) is 0 Å². The number of rotatable bonds is 9. The smallest absolute Gasteiger partial charge is 0.242 e. The van der Waals surface area contributed by atoms with Crippen molar-refractivity contribution in [3.8, 4) is 0 Å². The van der Waals surface area contributed by atoms with Crippen LogP contribution >= 0.6 is 0 Å². The van der Waals surface area contributed by atoms with Crippen LogP contribution in [0.1, 0.15) is 38.7 Å². The predicted molar refractivity (Wildman–Crippen MR) is 88.3 cm³/mol. The standard InChI is InChI=1S/C17H23F2N3O3/c1-3-4-5-14(16(20)24)22-17(25)10(2)21-15(23)8-11-6-12(18)9-13(19)7-11/h6-7,9-10,14H,3-5,8H2,1-2H3,(H2,20,24)(H,21,23)(H,22,25)/t10-,14-/m0/s1. The summed E-state index contributed by atoms with van der Waals surface area (Å²) in [6, 6.07) is 1.07. The molecule has 0 aliphatic heterocycles. The van der Waals surface area contributed by atoms with Crippen molar-refractivity contribution in [2.75, 3.05) is 0 Å². The molecule has 1 aromatic carbocycles. The molecule has 6 nitrogen and oxygen atoms in total. The Labute approximate surface area is 145 Å². The molecule has 8 heteroatoms. The van der Waals surface area contributed by atoms with Crippen LogP contribution in [0.3, 0.4) is 0 Å². The molecule has 0 heterocycles. The molecule has 0 saturated heterocycles. The van der Waals surface area contributed by atoms with Crippen LogP contribution in [0.5, 0.6) is 0 Å². The zero-order valence-electron chi connectivity index (χ0n) is 14.3. The Hall–Kier alpha value is -2.51. The summed E-state index contributed by atoms with van der Waals surface area (Å²) in [6.45, 7) is 3.38. The lowest BCUT2D eigenvalue weighted by Crippen LogP contribution is -2.52. The first-order chi connectivity index (χ1) is 11.7. The predicted octanol–water partition coefficient (Wildman–Crippen LogP) is 1.17. The monoisotopic (exact) mass is 355 g/mol. The van der Waals surface area contributed by atoms with Gasteiger partial charge in [-0.1, -0.05) is 19.8 Å². The SMILES string of the molecule is CCCC[C@H](NC(=O)[C@H](C)NC(=O)Cc1cc(F)cc(F)c1)C(N)=O. The minimum absolute atomic E-state index is 0.153. The fourth-order valence-electron chi connectivity index (χ4n) is 2.25. The number of benzene rings is 1. The van der Waals surface area contributed by atoms with Crippen LogP contribution in [-0.4, -0.2) is 29.8 Å². The van der Waals surface area contributed by atoms with Crippen LogP contribution in [0.4, 0.5) is 8.78 Å². The molecule has 1 rings (SSSR count). The number of unbranched alkanes of at least 4 members (excludes halogenated alkanes) is 1. The van der Waals surface area contributed by atoms with Gasteiger partial charge in [0.25, 0.3) is 0 Å². The molecular formula is C17H23F2N3O3. The summed E-state index contributed by atoms with van der Waals surface area (Å²) in [5.74, 6) is -3.34. The molecule has 0 unspecified atom stereocenters. The van der Waals surface area contributed by atoms with Crippen molar-refractivity contribution in [2.24, 2.45) is 5.73 Å². The molecule has 2 atom stereocenters. The molecule has 0 aliphatic rings. The Balaban J connectivity index is 2.58. The van der Waals surface area contributed by atoms with Gasteiger partial charge in [0.05, 0.1) is 6.42 Å². The zero-order valence-corrected chi connectivity index (χ0v) is 14.3. The molecule has 0 aliphatic carbocycles. The van der Waals surface area contributed by atoms with Crippen LogP contribution < -0.4 is 16.4 Å². The summed E-state index contributed by atoms with van der Waals surface area (Å²) in [5.41, 5.74) is 5.40. The fraction of sp³-hybridized carbons (Fsp3) is 0.471. The van der Waals surface area contributed by atoms with Crippen molar-refractivity contribution in [3.05, 3.63) is 35.4 Å². The number of carbonyl (C=O) groups is 3. The van der Waals surface area contributed by atoms with E-state index in [1.54, 1.807) is 0 Å². The van der Waals surface area contributed by atoms with Crippen LogP contribution in [0.2, 0.25) is 0 Å². The Morgan fingerprint density at radius 3 is 2.24 bits per heavy atom. The number of hydrogen-bond acceptors (Lipinski definition) is 3. The van der Waals surface area contributed by atoms with Crippen molar-refractivity contribution in [2.45, 2.75) is 51.6 Å². The van der Waals surface area contributed by atoms with Crippen molar-refractivity contribution in [1.29, 1.82) is 0 Å². The van der Waals surface area contributed by atoms with E-state index < -0.39 is 41.4 Å². The molecule has 25 heavy (non-hydrogen) atoms. The maximum atomic E-state index is 13.1. The third kappa shape index (κ3) is 7.28. The Bertz CT molecular complexity index is 617. The average molecular weight is 355 g/mol. The van der Waals surface area contributed by atoms with E-state index >= 15 is 0 Å². The number of nitrogens with one attached hydrogen (secondary N) is 2. The molecule has 0 aromatic heterocycles. The van der Waals surface area contributed by atoms with E-state index in [0.717, 1.165) is 25.0 Å². The van der Waals surface area contributed by atoms with Crippen LogP contribution in [0.15, 0.2) is 18.2 Å². The highest BCUT2D eigenvalue weighted by Gasteiger charge is 2.22. The fourth-order valence-corrected chi connectivity index (χ4v) is 2.25. The minimum Gasteiger partial charge on any atom is -0.368 e. The molecule has 0 radical (unpaired) electrons. The maximum absolute atomic E-state index is 13.1. The van der Waals surface area contributed by atoms with Gasteiger partial charge in [0, 0.05) is 6.07 Å². The highest BCUT2D eigenvalue weighted by Crippen LogP contribution is 2.08. The molecule has 0 saturated carbocycles. The lowest BCUT2D eigenvalue weighted by molar-refractivity contribution is -0.130. The molecule has 0 spiro atoms. The summed E-state index contributed by atoms with van der Waals surface area (Å²) < 4.78 is 26.2. The van der Waals surface area contributed by atoms with E-state index in [0.29, 0.717) is 12.5 Å². The van der Waals surface area contributed by atoms with Gasteiger partial charge in [-0.15, -0.1) is 0 Å². The van der Waals surface area contributed by atoms with Gasteiger partial charge in [-0.25, -0.2) is 8.78 Å². The number of halogens is 2. The van der Waals surface area contributed by atoms with Gasteiger partial charge in [-0.05, 0) is 31.0 Å². The van der Waals surface area contributed by atoms with E-state index in [2.05, 4.69) is 10.6 Å². The largest absolute Gasteiger partial charge is 0.368 e. The number of nitrogens with two attached hydrogens (primary N) is 1. The molecule has 1 aromatic rings. The van der Waals surface area contributed by atoms with Gasteiger partial charge < -0.3 is 16.4 Å². The van der Waals surface area contributed by atoms with E-state index in [1.807, 2.05) is 6.92 Å². The first-order valence-corrected chi connectivity index (χ1v) is 8.07. The van der Waals surface area contributed by atoms with Gasteiger partial charge in [-0.2, -0.15) is 0 Å². The number of primary amides is 1. The summed E-state index contributed by atoms with van der Waals surface area (Å²) in [7, 11) is 0. The molecular weight excluding hydrogens is 332 g/mol. The highest BCUT2D eigenvalue weighted by molar-refractivity contribution is 5.91. The lowest BCUT2D eigenvalue weighted by atomic mass is 10.1. The summed E-state index contributed by atoms with van der Waals surface area (Å²) in [6.07, 6.45) is 1.71. The second kappa shape index (κ2) is 9.71. The zero-order chi connectivity index (χ0) is 19.0. The molecule has 138 valence electrons. The first kappa shape index (κ1) is 20.5. The molecule has 3 amide bonds. The van der Waals surface area contributed by atoms with E-state index in [1.165, 1.54) is 6.92 Å². The third-order valence-corrected chi connectivity index (χ3v) is 3.56. The molecule has 0 fully saturated rings. The lowest BCUT2D eigenvalue weighted by Gasteiger charge is -2.19. The normalized spacial score (nSPS) is 13.0. The second-order valence-electron chi connectivity index (χ2n) is 5.85. The van der Waals surface area contributed by atoms with E-state index in [9.17, 15) is 23.2 Å². The molecule has 4 N–H and O–H groups in total. The molecule has 0 bridgehead atoms. The van der Waals surface area contributed by atoms with Crippen LogP contribution in [-0.2, 0) is 20.8 Å². The van der Waals surface area contributed by atoms with Gasteiger partial charge in [0.1, 0.15) is 23.7 Å². The number of hydrogen-bond donors (Lipinski definition) is 3. The van der Waals surface area contributed by atoms with Crippen molar-refractivity contribution < 1.29 is 23.2 Å². The summed E-state index contributed by atoms with van der Waals surface area (Å²) >= 11 is 0. The van der Waals surface area contributed by atoms with Crippen molar-refractivity contribution in [1.82, 2.24) is 10.6 Å². The summed E-state index contributed by atoms with van der Waals surface area (Å²) in [5, 5.41) is 4.91. The first-order valence-electron chi connectivity index (χ1n) is 8.07. The topological polar surface area (TPSA) is 101 Å². The number of amides is 3. The average Bonchev–Trinajstić information content (AvgIpc) is 2.49. The summed E-state index contributed by atoms with van der Waals surface area (Å²) in [4.78, 5) is 35.3. The van der Waals surface area contributed by atoms with Gasteiger partial charge in [-0.3, -0.25) is 14.4 Å². The van der Waals surface area contributed by atoms with Crippen LogP contribution in [0, 0.1) is 11.6 Å². The van der Waals surface area contributed by atoms with Gasteiger partial charge >= 0.3 is 0 Å². The number of carbonyl (C=O) groups excluding carboxylic acids is 3.